The Morgan fingerprint density at radius 3 is 2.56 bits per heavy atom. The SMILES string of the molecule is Cc1cc(OCc2noc(CN)n2)cc(C)c1Cl. The summed E-state index contributed by atoms with van der Waals surface area (Å²) in [5.74, 6) is 1.60. The van der Waals surface area contributed by atoms with Crippen LogP contribution < -0.4 is 10.5 Å². The van der Waals surface area contributed by atoms with Gasteiger partial charge in [0.05, 0.1) is 6.54 Å². The van der Waals surface area contributed by atoms with Crippen molar-refractivity contribution in [2.75, 3.05) is 0 Å². The van der Waals surface area contributed by atoms with E-state index in [-0.39, 0.29) is 13.2 Å². The number of hydrogen-bond donors (Lipinski definition) is 1. The summed E-state index contributed by atoms with van der Waals surface area (Å²) in [6, 6.07) is 3.75. The molecule has 0 saturated carbocycles. The first-order chi connectivity index (χ1) is 8.60. The molecule has 0 unspecified atom stereocenters. The molecular formula is C12H14ClN3O2. The van der Waals surface area contributed by atoms with Gasteiger partial charge in [0.15, 0.2) is 6.61 Å². The number of ether oxygens (including phenoxy) is 1. The van der Waals surface area contributed by atoms with Crippen molar-refractivity contribution in [1.82, 2.24) is 10.1 Å². The van der Waals surface area contributed by atoms with Crippen molar-refractivity contribution in [3.05, 3.63) is 40.0 Å². The Balaban J connectivity index is 2.06. The second kappa shape index (κ2) is 5.37. The molecule has 0 saturated heterocycles. The molecule has 6 heteroatoms. The molecular weight excluding hydrogens is 254 g/mol. The molecule has 0 aliphatic heterocycles. The lowest BCUT2D eigenvalue weighted by Gasteiger charge is -2.08. The van der Waals surface area contributed by atoms with Crippen molar-refractivity contribution in [1.29, 1.82) is 0 Å². The van der Waals surface area contributed by atoms with E-state index in [1.807, 2.05) is 26.0 Å². The third-order valence-corrected chi connectivity index (χ3v) is 3.06. The van der Waals surface area contributed by atoms with Gasteiger partial charge in [0.1, 0.15) is 5.75 Å². The van der Waals surface area contributed by atoms with E-state index in [9.17, 15) is 0 Å². The average Bonchev–Trinajstić information content (AvgIpc) is 2.81. The minimum absolute atomic E-state index is 0.228. The van der Waals surface area contributed by atoms with E-state index >= 15 is 0 Å². The number of hydrogen-bond acceptors (Lipinski definition) is 5. The van der Waals surface area contributed by atoms with Gasteiger partial charge in [0.25, 0.3) is 0 Å². The van der Waals surface area contributed by atoms with Gasteiger partial charge in [-0.1, -0.05) is 16.8 Å². The normalized spacial score (nSPS) is 10.7. The van der Waals surface area contributed by atoms with Crippen LogP contribution in [0.2, 0.25) is 5.02 Å². The molecule has 1 heterocycles. The van der Waals surface area contributed by atoms with Crippen LogP contribution in [0, 0.1) is 13.8 Å². The zero-order valence-electron chi connectivity index (χ0n) is 10.2. The Bertz CT molecular complexity index is 531. The second-order valence-electron chi connectivity index (χ2n) is 3.97. The summed E-state index contributed by atoms with van der Waals surface area (Å²) >= 11 is 6.08. The van der Waals surface area contributed by atoms with Crippen LogP contribution in [-0.4, -0.2) is 10.1 Å². The van der Waals surface area contributed by atoms with Gasteiger partial charge in [0.2, 0.25) is 11.7 Å². The molecule has 0 aliphatic rings. The van der Waals surface area contributed by atoms with E-state index < -0.39 is 0 Å². The molecule has 0 amide bonds. The zero-order valence-corrected chi connectivity index (χ0v) is 11.0. The molecule has 0 atom stereocenters. The summed E-state index contributed by atoms with van der Waals surface area (Å²) in [5.41, 5.74) is 7.32. The van der Waals surface area contributed by atoms with E-state index in [2.05, 4.69) is 10.1 Å². The van der Waals surface area contributed by atoms with E-state index in [0.29, 0.717) is 11.7 Å². The van der Waals surface area contributed by atoms with Gasteiger partial charge in [-0.05, 0) is 37.1 Å². The molecule has 0 bridgehead atoms. The van der Waals surface area contributed by atoms with Crippen LogP contribution in [0.15, 0.2) is 16.7 Å². The van der Waals surface area contributed by atoms with Crippen molar-refractivity contribution < 1.29 is 9.26 Å². The minimum atomic E-state index is 0.228. The first-order valence-electron chi connectivity index (χ1n) is 5.51. The number of rotatable bonds is 4. The maximum absolute atomic E-state index is 6.08. The Labute approximate surface area is 110 Å². The fraction of sp³-hybridized carbons (Fsp3) is 0.333. The van der Waals surface area contributed by atoms with Gasteiger partial charge in [-0.25, -0.2) is 0 Å². The van der Waals surface area contributed by atoms with Crippen LogP contribution in [0.5, 0.6) is 5.75 Å². The van der Waals surface area contributed by atoms with Gasteiger partial charge >= 0.3 is 0 Å². The van der Waals surface area contributed by atoms with Crippen LogP contribution in [0.4, 0.5) is 0 Å². The summed E-state index contributed by atoms with van der Waals surface area (Å²) in [4.78, 5) is 4.05. The molecule has 1 aromatic carbocycles. The summed E-state index contributed by atoms with van der Waals surface area (Å²) in [6.45, 7) is 4.34. The van der Waals surface area contributed by atoms with Gasteiger partial charge in [0, 0.05) is 5.02 Å². The van der Waals surface area contributed by atoms with Crippen molar-refractivity contribution in [3.63, 3.8) is 0 Å². The standard InChI is InChI=1S/C12H14ClN3O2/c1-7-3-9(4-8(2)12(7)13)17-6-10-15-11(5-14)18-16-10/h3-4H,5-6,14H2,1-2H3. The number of halogens is 1. The molecule has 0 radical (unpaired) electrons. The molecule has 0 fully saturated rings. The summed E-state index contributed by atoms with van der Waals surface area (Å²) in [7, 11) is 0. The first-order valence-corrected chi connectivity index (χ1v) is 5.89. The number of nitrogens with two attached hydrogens (primary N) is 1. The molecule has 1 aromatic heterocycles. The highest BCUT2D eigenvalue weighted by molar-refractivity contribution is 6.32. The Hall–Kier alpha value is -1.59. The lowest BCUT2D eigenvalue weighted by Crippen LogP contribution is -2.00. The quantitative estimate of drug-likeness (QED) is 0.921. The maximum atomic E-state index is 6.08. The molecule has 2 aromatic rings. The fourth-order valence-corrected chi connectivity index (χ4v) is 1.68. The van der Waals surface area contributed by atoms with E-state index in [4.69, 9.17) is 26.6 Å². The van der Waals surface area contributed by atoms with Crippen molar-refractivity contribution in [2.45, 2.75) is 27.0 Å². The molecule has 0 spiro atoms. The molecule has 2 rings (SSSR count). The van der Waals surface area contributed by atoms with E-state index in [1.54, 1.807) is 0 Å². The van der Waals surface area contributed by atoms with Crippen molar-refractivity contribution >= 4 is 11.6 Å². The monoisotopic (exact) mass is 267 g/mol. The number of aromatic nitrogens is 2. The Morgan fingerprint density at radius 2 is 2.00 bits per heavy atom. The Kier molecular flexibility index (Phi) is 3.84. The molecule has 96 valence electrons. The predicted molar refractivity (Wildman–Crippen MR) is 67.4 cm³/mol. The molecule has 18 heavy (non-hydrogen) atoms. The van der Waals surface area contributed by atoms with Crippen LogP contribution in [-0.2, 0) is 13.2 Å². The van der Waals surface area contributed by atoms with Crippen LogP contribution in [0.3, 0.4) is 0 Å². The second-order valence-corrected chi connectivity index (χ2v) is 4.35. The minimum Gasteiger partial charge on any atom is -0.485 e. The topological polar surface area (TPSA) is 74.2 Å². The van der Waals surface area contributed by atoms with Crippen LogP contribution in [0.25, 0.3) is 0 Å². The van der Waals surface area contributed by atoms with E-state index in [0.717, 1.165) is 21.9 Å². The van der Waals surface area contributed by atoms with Gasteiger partial charge in [-0.3, -0.25) is 0 Å². The lowest BCUT2D eigenvalue weighted by molar-refractivity contribution is 0.285. The van der Waals surface area contributed by atoms with E-state index in [1.165, 1.54) is 0 Å². The van der Waals surface area contributed by atoms with Gasteiger partial charge in [-0.15, -0.1) is 0 Å². The number of aryl methyl sites for hydroxylation is 2. The van der Waals surface area contributed by atoms with Crippen LogP contribution >= 0.6 is 11.6 Å². The molecule has 0 aliphatic carbocycles. The van der Waals surface area contributed by atoms with Crippen molar-refractivity contribution in [3.8, 4) is 5.75 Å². The molecule has 5 nitrogen and oxygen atoms in total. The average molecular weight is 268 g/mol. The maximum Gasteiger partial charge on any atom is 0.240 e. The van der Waals surface area contributed by atoms with Crippen molar-refractivity contribution in [2.24, 2.45) is 5.73 Å². The highest BCUT2D eigenvalue weighted by atomic mass is 35.5. The Morgan fingerprint density at radius 1 is 1.33 bits per heavy atom. The van der Waals surface area contributed by atoms with Gasteiger partial charge in [-0.2, -0.15) is 4.98 Å². The fourth-order valence-electron chi connectivity index (χ4n) is 1.57. The number of nitrogens with zero attached hydrogens (tertiary/aromatic N) is 2. The largest absolute Gasteiger partial charge is 0.485 e. The first kappa shape index (κ1) is 12.9. The highest BCUT2D eigenvalue weighted by Crippen LogP contribution is 2.26. The molecule has 2 N–H and O–H groups in total. The highest BCUT2D eigenvalue weighted by Gasteiger charge is 2.07. The van der Waals surface area contributed by atoms with Crippen LogP contribution in [0.1, 0.15) is 22.8 Å². The summed E-state index contributed by atoms with van der Waals surface area (Å²) in [5, 5.41) is 4.50. The zero-order chi connectivity index (χ0) is 13.1. The smallest absolute Gasteiger partial charge is 0.240 e. The predicted octanol–water partition coefficient (Wildman–Crippen LogP) is 2.38. The third kappa shape index (κ3) is 2.80. The third-order valence-electron chi connectivity index (χ3n) is 2.46. The summed E-state index contributed by atoms with van der Waals surface area (Å²) < 4.78 is 10.5. The summed E-state index contributed by atoms with van der Waals surface area (Å²) in [6.07, 6.45) is 0. The van der Waals surface area contributed by atoms with Gasteiger partial charge < -0.3 is 15.0 Å². The number of benzene rings is 1. The lowest BCUT2D eigenvalue weighted by atomic mass is 10.1.